The van der Waals surface area contributed by atoms with Gasteiger partial charge in [-0.1, -0.05) is 18.2 Å². The number of Topliss-reactive ketones (excluding diaryl/α,β-unsaturated/α-hetero) is 1. The lowest BCUT2D eigenvalue weighted by molar-refractivity contribution is -0.151. The highest BCUT2D eigenvalue weighted by molar-refractivity contribution is 7.92. The largest absolute Gasteiger partial charge is 0.507 e. The number of nitrogens with zero attached hydrogens (tertiary/aromatic N) is 1. The van der Waals surface area contributed by atoms with Crippen LogP contribution in [0, 0.1) is 5.82 Å². The summed E-state index contributed by atoms with van der Waals surface area (Å²) in [5.41, 5.74) is 2.51. The number of anilines is 1. The molecule has 54 heavy (non-hydrogen) atoms. The Morgan fingerprint density at radius 1 is 1.04 bits per heavy atom. The Hall–Kier alpha value is -5.87. The van der Waals surface area contributed by atoms with E-state index < -0.39 is 57.5 Å². The monoisotopic (exact) mass is 762 g/mol. The normalized spacial score (nSPS) is 13.0. The van der Waals surface area contributed by atoms with E-state index in [0.717, 1.165) is 29.5 Å². The van der Waals surface area contributed by atoms with Gasteiger partial charge in [0.1, 0.15) is 22.9 Å². The molecule has 284 valence electrons. The molecule has 4 N–H and O–H groups in total. The number of fused-ring (bicyclic) bond motifs is 1. The lowest BCUT2D eigenvalue weighted by Gasteiger charge is -2.24. The minimum Gasteiger partial charge on any atom is -0.507 e. The summed E-state index contributed by atoms with van der Waals surface area (Å²) in [5, 5.41) is 18.7. The van der Waals surface area contributed by atoms with Gasteiger partial charge in [0.25, 0.3) is 11.7 Å². The Labute approximate surface area is 310 Å². The average Bonchev–Trinajstić information content (AvgIpc) is 3.92. The minimum absolute atomic E-state index is 0.00648. The van der Waals surface area contributed by atoms with Crippen LogP contribution in [-0.2, 0) is 40.5 Å². The van der Waals surface area contributed by atoms with Gasteiger partial charge in [-0.25, -0.2) is 17.6 Å². The highest BCUT2D eigenvalue weighted by atomic mass is 32.2. The van der Waals surface area contributed by atoms with Gasteiger partial charge in [0, 0.05) is 42.2 Å². The molecule has 0 radical (unpaired) electrons. The third-order valence-electron chi connectivity index (χ3n) is 8.47. The molecule has 0 aliphatic heterocycles. The summed E-state index contributed by atoms with van der Waals surface area (Å²) in [6.45, 7) is 0.430. The number of sulfonamides is 1. The number of nitrogens with one attached hydrogen (secondary N) is 3. The van der Waals surface area contributed by atoms with Crippen LogP contribution in [0.3, 0.4) is 0 Å². The summed E-state index contributed by atoms with van der Waals surface area (Å²) in [4.78, 5) is 62.2. The van der Waals surface area contributed by atoms with Gasteiger partial charge in [-0.05, 0) is 73.2 Å². The molecule has 1 saturated carbocycles. The van der Waals surface area contributed by atoms with Crippen molar-refractivity contribution in [3.63, 3.8) is 0 Å². The van der Waals surface area contributed by atoms with Gasteiger partial charge >= 0.3 is 5.97 Å². The van der Waals surface area contributed by atoms with E-state index in [4.69, 9.17) is 4.42 Å². The summed E-state index contributed by atoms with van der Waals surface area (Å²) in [6, 6.07) is 14.9. The number of hydrogen-bond donors (Lipinski definition) is 4. The Kier molecular flexibility index (Phi) is 12.3. The first-order valence-corrected chi connectivity index (χ1v) is 18.8. The molecular weight excluding hydrogens is 724 g/mol. The summed E-state index contributed by atoms with van der Waals surface area (Å²) in [7, 11) is -2.55. The molecule has 1 aliphatic rings. The third kappa shape index (κ3) is 9.56. The van der Waals surface area contributed by atoms with Gasteiger partial charge in [0.15, 0.2) is 5.78 Å². The van der Waals surface area contributed by atoms with E-state index in [1.165, 1.54) is 49.5 Å². The van der Waals surface area contributed by atoms with Crippen molar-refractivity contribution in [3.05, 3.63) is 94.8 Å². The van der Waals surface area contributed by atoms with Crippen LogP contribution in [0.25, 0.3) is 28.1 Å². The Balaban J connectivity index is 1.26. The van der Waals surface area contributed by atoms with Crippen LogP contribution in [0.5, 0.6) is 0 Å². The van der Waals surface area contributed by atoms with Crippen molar-refractivity contribution >= 4 is 61.8 Å². The van der Waals surface area contributed by atoms with Gasteiger partial charge in [-0.3, -0.25) is 23.5 Å². The van der Waals surface area contributed by atoms with Crippen molar-refractivity contribution in [2.24, 2.45) is 0 Å². The molecule has 5 rings (SSSR count). The molecule has 1 aromatic heterocycles. The summed E-state index contributed by atoms with van der Waals surface area (Å²) < 4.78 is 51.7. The topological polar surface area (TPSA) is 201 Å². The number of carbonyl (C=O) groups excluding carboxylic acids is 5. The smallest absolute Gasteiger partial charge is 0.379 e. The molecule has 1 fully saturated rings. The van der Waals surface area contributed by atoms with Gasteiger partial charge in [0.2, 0.25) is 15.9 Å². The van der Waals surface area contributed by atoms with Crippen molar-refractivity contribution in [2.75, 3.05) is 43.8 Å². The Morgan fingerprint density at radius 2 is 1.76 bits per heavy atom. The first-order valence-electron chi connectivity index (χ1n) is 17.0. The van der Waals surface area contributed by atoms with Crippen LogP contribution in [0.1, 0.15) is 52.7 Å². The second-order valence-electron chi connectivity index (χ2n) is 12.6. The molecule has 3 aromatic carbocycles. The fourth-order valence-corrected chi connectivity index (χ4v) is 6.62. The van der Waals surface area contributed by atoms with E-state index >= 15 is 0 Å². The van der Waals surface area contributed by atoms with Crippen molar-refractivity contribution in [3.8, 4) is 11.3 Å². The maximum absolute atomic E-state index is 13.7. The zero-order valence-corrected chi connectivity index (χ0v) is 30.5. The standard InChI is InChI=1S/C38H39FN4O10S/c1-4-52-38(49)32(46)17-31(45)25-7-5-6-22(14-25)18-42-34(47)20-41-19-27(44)21-43(54(3,50)51)30-16-33-29(15-28(30)23-8-9-23)35(37(48)40-2)36(53-33)24-10-12-26(39)13-11-24/h5-7,10-17,23,41,45H,4,8-9,18-21H2,1-3H3,(H,40,48)(H,42,47)/b31-17-. The molecule has 4 aromatic rings. The summed E-state index contributed by atoms with van der Waals surface area (Å²) >= 11 is 0. The molecular formula is C38H39FN4O10S. The van der Waals surface area contributed by atoms with Crippen LogP contribution >= 0.6 is 0 Å². The number of furan rings is 1. The summed E-state index contributed by atoms with van der Waals surface area (Å²) in [6.07, 6.45) is 3.28. The van der Waals surface area contributed by atoms with E-state index in [-0.39, 0.29) is 60.3 Å². The van der Waals surface area contributed by atoms with Crippen LogP contribution in [0.2, 0.25) is 0 Å². The number of hydrogen-bond acceptors (Lipinski definition) is 11. The number of esters is 1. The van der Waals surface area contributed by atoms with Crippen LogP contribution in [0.15, 0.2) is 71.2 Å². The fraction of sp³-hybridized carbons (Fsp3) is 0.289. The first-order chi connectivity index (χ1) is 25.7. The zero-order chi connectivity index (χ0) is 39.2. The molecule has 1 heterocycles. The second kappa shape index (κ2) is 16.9. The molecule has 1 aliphatic carbocycles. The minimum atomic E-state index is -4.02. The third-order valence-corrected chi connectivity index (χ3v) is 9.60. The van der Waals surface area contributed by atoms with Gasteiger partial charge in [-0.2, -0.15) is 0 Å². The number of rotatable bonds is 17. The highest BCUT2D eigenvalue weighted by Crippen LogP contribution is 2.48. The number of ketones is 2. The number of aliphatic hydroxyl groups is 1. The molecule has 0 atom stereocenters. The molecule has 0 unspecified atom stereocenters. The van der Waals surface area contributed by atoms with Crippen LogP contribution in [-0.4, -0.2) is 82.4 Å². The molecule has 14 nitrogen and oxygen atoms in total. The van der Waals surface area contributed by atoms with E-state index in [2.05, 4.69) is 20.7 Å². The van der Waals surface area contributed by atoms with E-state index in [1.54, 1.807) is 25.1 Å². The van der Waals surface area contributed by atoms with Crippen LogP contribution in [0.4, 0.5) is 10.1 Å². The van der Waals surface area contributed by atoms with E-state index in [9.17, 15) is 41.9 Å². The number of ether oxygens (including phenoxy) is 1. The van der Waals surface area contributed by atoms with E-state index in [0.29, 0.717) is 22.1 Å². The summed E-state index contributed by atoms with van der Waals surface area (Å²) in [5.74, 6) is -4.34. The van der Waals surface area contributed by atoms with Gasteiger partial charge < -0.3 is 30.2 Å². The van der Waals surface area contributed by atoms with E-state index in [1.807, 2.05) is 0 Å². The first kappa shape index (κ1) is 39.3. The van der Waals surface area contributed by atoms with Gasteiger partial charge in [0.05, 0.1) is 43.7 Å². The highest BCUT2D eigenvalue weighted by Gasteiger charge is 2.34. The lowest BCUT2D eigenvalue weighted by atomic mass is 10.0. The number of amides is 2. The Bertz CT molecular complexity index is 2250. The SMILES string of the molecule is CCOC(=O)C(=O)/C=C(\O)c1cccc(CNC(=O)CNCC(=O)CN(c2cc3oc(-c4ccc(F)cc4)c(C(=O)NC)c3cc2C2CC2)S(C)(=O)=O)c1. The number of halogens is 1. The number of carbonyl (C=O) groups is 5. The lowest BCUT2D eigenvalue weighted by Crippen LogP contribution is -2.41. The van der Waals surface area contributed by atoms with Gasteiger partial charge in [-0.15, -0.1) is 0 Å². The van der Waals surface area contributed by atoms with Crippen molar-refractivity contribution in [1.29, 1.82) is 0 Å². The fourth-order valence-electron chi connectivity index (χ4n) is 5.73. The van der Waals surface area contributed by atoms with Crippen molar-refractivity contribution in [1.82, 2.24) is 16.0 Å². The predicted octanol–water partition coefficient (Wildman–Crippen LogP) is 3.75. The maximum Gasteiger partial charge on any atom is 0.379 e. The molecule has 2 amide bonds. The molecule has 0 bridgehead atoms. The second-order valence-corrected chi connectivity index (χ2v) is 14.5. The number of benzene rings is 3. The van der Waals surface area contributed by atoms with Crippen molar-refractivity contribution < 1.29 is 51.0 Å². The van der Waals surface area contributed by atoms with Crippen molar-refractivity contribution in [2.45, 2.75) is 32.2 Å². The molecule has 16 heteroatoms. The average molecular weight is 763 g/mol. The molecule has 0 saturated heterocycles. The quantitative estimate of drug-likeness (QED) is 0.0529. The zero-order valence-electron chi connectivity index (χ0n) is 29.7. The number of aliphatic hydroxyl groups excluding tert-OH is 1. The predicted molar refractivity (Wildman–Crippen MR) is 198 cm³/mol. The van der Waals surface area contributed by atoms with Crippen LogP contribution < -0.4 is 20.3 Å². The molecule has 0 spiro atoms. The Morgan fingerprint density at radius 3 is 2.41 bits per heavy atom. The maximum atomic E-state index is 13.7.